The van der Waals surface area contributed by atoms with Crippen molar-refractivity contribution in [3.63, 3.8) is 0 Å². The van der Waals surface area contributed by atoms with Gasteiger partial charge in [0.15, 0.2) is 6.29 Å². The minimum absolute atomic E-state index is 0.157. The summed E-state index contributed by atoms with van der Waals surface area (Å²) in [4.78, 5) is 10.2. The third-order valence-electron chi connectivity index (χ3n) is 1.78. The SMILES string of the molecule is CCC1(C=O)OC1C. The van der Waals surface area contributed by atoms with Crippen molar-refractivity contribution in [3.8, 4) is 0 Å². The van der Waals surface area contributed by atoms with Crippen LogP contribution in [0.3, 0.4) is 0 Å². The number of hydrogen-bond acceptors (Lipinski definition) is 2. The molecule has 2 atom stereocenters. The van der Waals surface area contributed by atoms with Gasteiger partial charge in [0.1, 0.15) is 5.60 Å². The first kappa shape index (κ1) is 5.76. The Hall–Kier alpha value is -0.370. The van der Waals surface area contributed by atoms with E-state index in [1.807, 2.05) is 13.8 Å². The number of aldehydes is 1. The number of hydrogen-bond donors (Lipinski definition) is 0. The van der Waals surface area contributed by atoms with E-state index in [2.05, 4.69) is 0 Å². The summed E-state index contributed by atoms with van der Waals surface area (Å²) < 4.78 is 5.03. The van der Waals surface area contributed by atoms with Crippen molar-refractivity contribution in [3.05, 3.63) is 0 Å². The fraction of sp³-hybridized carbons (Fsp3) is 0.833. The van der Waals surface area contributed by atoms with Crippen molar-refractivity contribution in [1.29, 1.82) is 0 Å². The summed E-state index contributed by atoms with van der Waals surface area (Å²) >= 11 is 0. The van der Waals surface area contributed by atoms with Crippen molar-refractivity contribution < 1.29 is 9.53 Å². The summed E-state index contributed by atoms with van der Waals surface area (Å²) in [6, 6.07) is 0. The molecule has 0 amide bonds. The van der Waals surface area contributed by atoms with Crippen molar-refractivity contribution in [2.75, 3.05) is 0 Å². The van der Waals surface area contributed by atoms with Gasteiger partial charge in [-0.2, -0.15) is 0 Å². The molecule has 1 fully saturated rings. The molecule has 0 saturated carbocycles. The van der Waals surface area contributed by atoms with Crippen LogP contribution in [0.15, 0.2) is 0 Å². The lowest BCUT2D eigenvalue weighted by atomic mass is 10.1. The van der Waals surface area contributed by atoms with Gasteiger partial charge in [0.05, 0.1) is 6.10 Å². The van der Waals surface area contributed by atoms with E-state index in [1.165, 1.54) is 0 Å². The predicted molar refractivity (Wildman–Crippen MR) is 29.6 cm³/mol. The van der Waals surface area contributed by atoms with E-state index in [-0.39, 0.29) is 11.7 Å². The summed E-state index contributed by atoms with van der Waals surface area (Å²) in [5.41, 5.74) is -0.389. The van der Waals surface area contributed by atoms with Crippen LogP contribution in [-0.4, -0.2) is 18.0 Å². The second-order valence-corrected chi connectivity index (χ2v) is 2.19. The summed E-state index contributed by atoms with van der Waals surface area (Å²) in [5.74, 6) is 0. The minimum Gasteiger partial charge on any atom is -0.358 e. The average Bonchev–Trinajstić information content (AvgIpc) is 2.43. The molecule has 0 bridgehead atoms. The predicted octanol–water partition coefficient (Wildman–Crippen LogP) is 0.753. The molecule has 1 heterocycles. The molecule has 1 rings (SSSR count). The first-order valence-electron chi connectivity index (χ1n) is 2.89. The lowest BCUT2D eigenvalue weighted by Gasteiger charge is -1.93. The Morgan fingerprint density at radius 3 is 2.38 bits per heavy atom. The molecular weight excluding hydrogens is 104 g/mol. The van der Waals surface area contributed by atoms with Gasteiger partial charge in [0.25, 0.3) is 0 Å². The molecule has 2 nitrogen and oxygen atoms in total. The van der Waals surface area contributed by atoms with Gasteiger partial charge in [0.2, 0.25) is 0 Å². The highest BCUT2D eigenvalue weighted by Gasteiger charge is 2.51. The Balaban J connectivity index is 2.51. The maximum Gasteiger partial charge on any atom is 0.154 e. The number of carbonyl (C=O) groups excluding carboxylic acids is 1. The highest BCUT2D eigenvalue weighted by atomic mass is 16.6. The zero-order chi connectivity index (χ0) is 6.20. The van der Waals surface area contributed by atoms with Crippen molar-refractivity contribution in [2.45, 2.75) is 32.0 Å². The number of ether oxygens (including phenoxy) is 1. The molecule has 2 unspecified atom stereocenters. The molecule has 0 N–H and O–H groups in total. The van der Waals surface area contributed by atoms with Crippen molar-refractivity contribution in [2.24, 2.45) is 0 Å². The minimum atomic E-state index is -0.389. The molecule has 2 heteroatoms. The maximum atomic E-state index is 10.2. The average molecular weight is 114 g/mol. The standard InChI is InChI=1S/C6H10O2/c1-3-6(4-7)5(2)8-6/h4-5H,3H2,1-2H3. The van der Waals surface area contributed by atoms with Gasteiger partial charge in [-0.15, -0.1) is 0 Å². The quantitative estimate of drug-likeness (QED) is 0.391. The number of rotatable bonds is 2. The van der Waals surface area contributed by atoms with Gasteiger partial charge in [-0.3, -0.25) is 0 Å². The largest absolute Gasteiger partial charge is 0.358 e. The second-order valence-electron chi connectivity index (χ2n) is 2.19. The van der Waals surface area contributed by atoms with Crippen LogP contribution in [0.5, 0.6) is 0 Å². The highest BCUT2D eigenvalue weighted by Crippen LogP contribution is 2.36. The van der Waals surface area contributed by atoms with Crippen LogP contribution in [-0.2, 0) is 9.53 Å². The smallest absolute Gasteiger partial charge is 0.154 e. The molecule has 0 aromatic carbocycles. The lowest BCUT2D eigenvalue weighted by Crippen LogP contribution is -2.13. The molecule has 0 spiro atoms. The van der Waals surface area contributed by atoms with Crippen molar-refractivity contribution in [1.82, 2.24) is 0 Å². The molecule has 0 aromatic rings. The van der Waals surface area contributed by atoms with Crippen LogP contribution in [0.4, 0.5) is 0 Å². The van der Waals surface area contributed by atoms with Gasteiger partial charge < -0.3 is 9.53 Å². The zero-order valence-electron chi connectivity index (χ0n) is 5.18. The molecule has 0 aliphatic carbocycles. The Labute approximate surface area is 48.8 Å². The van der Waals surface area contributed by atoms with Gasteiger partial charge in [-0.05, 0) is 13.3 Å². The molecule has 0 radical (unpaired) electrons. The Bertz CT molecular complexity index is 107. The molecule has 1 aliphatic rings. The van der Waals surface area contributed by atoms with E-state index in [1.54, 1.807) is 0 Å². The molecular formula is C6H10O2. The molecule has 8 heavy (non-hydrogen) atoms. The van der Waals surface area contributed by atoms with Crippen LogP contribution >= 0.6 is 0 Å². The van der Waals surface area contributed by atoms with E-state index < -0.39 is 0 Å². The van der Waals surface area contributed by atoms with E-state index >= 15 is 0 Å². The summed E-state index contributed by atoms with van der Waals surface area (Å²) in [6.45, 7) is 3.87. The van der Waals surface area contributed by atoms with E-state index in [9.17, 15) is 4.79 Å². The lowest BCUT2D eigenvalue weighted by molar-refractivity contribution is -0.112. The molecule has 46 valence electrons. The summed E-state index contributed by atoms with van der Waals surface area (Å²) in [6.07, 6.45) is 1.86. The summed E-state index contributed by atoms with van der Waals surface area (Å²) in [7, 11) is 0. The van der Waals surface area contributed by atoms with Crippen LogP contribution in [0.1, 0.15) is 20.3 Å². The topological polar surface area (TPSA) is 29.6 Å². The fourth-order valence-electron chi connectivity index (χ4n) is 0.873. The third-order valence-corrected chi connectivity index (χ3v) is 1.78. The van der Waals surface area contributed by atoms with Crippen LogP contribution in [0.25, 0.3) is 0 Å². The van der Waals surface area contributed by atoms with Gasteiger partial charge in [0, 0.05) is 0 Å². The highest BCUT2D eigenvalue weighted by molar-refractivity contribution is 5.67. The number of carbonyl (C=O) groups is 1. The van der Waals surface area contributed by atoms with Gasteiger partial charge in [-0.1, -0.05) is 6.92 Å². The fourth-order valence-corrected chi connectivity index (χ4v) is 0.873. The normalized spacial score (nSPS) is 44.0. The Morgan fingerprint density at radius 1 is 1.88 bits per heavy atom. The first-order valence-corrected chi connectivity index (χ1v) is 2.89. The first-order chi connectivity index (χ1) is 3.75. The van der Waals surface area contributed by atoms with Crippen LogP contribution in [0, 0.1) is 0 Å². The van der Waals surface area contributed by atoms with Gasteiger partial charge in [-0.25, -0.2) is 0 Å². The third kappa shape index (κ3) is 0.564. The zero-order valence-corrected chi connectivity index (χ0v) is 5.18. The van der Waals surface area contributed by atoms with Crippen LogP contribution < -0.4 is 0 Å². The van der Waals surface area contributed by atoms with Gasteiger partial charge >= 0.3 is 0 Å². The Morgan fingerprint density at radius 2 is 2.38 bits per heavy atom. The molecule has 1 aliphatic heterocycles. The number of epoxide rings is 1. The van der Waals surface area contributed by atoms with Crippen LogP contribution in [0.2, 0.25) is 0 Å². The monoisotopic (exact) mass is 114 g/mol. The van der Waals surface area contributed by atoms with E-state index in [0.717, 1.165) is 12.7 Å². The Kier molecular flexibility index (Phi) is 1.12. The molecule has 1 saturated heterocycles. The van der Waals surface area contributed by atoms with E-state index in [0.29, 0.717) is 0 Å². The second kappa shape index (κ2) is 1.55. The van der Waals surface area contributed by atoms with Crippen molar-refractivity contribution >= 4 is 6.29 Å². The van der Waals surface area contributed by atoms with E-state index in [4.69, 9.17) is 4.74 Å². The molecule has 0 aromatic heterocycles. The maximum absolute atomic E-state index is 10.2. The summed E-state index contributed by atoms with van der Waals surface area (Å²) in [5, 5.41) is 0.